The lowest BCUT2D eigenvalue weighted by molar-refractivity contribution is 0.200. The topological polar surface area (TPSA) is 25.2 Å². The van der Waals surface area contributed by atoms with Gasteiger partial charge in [0.15, 0.2) is 0 Å². The minimum Gasteiger partial charge on any atom is -0.389 e. The molecule has 2 aromatic rings. The largest absolute Gasteiger partial charge is 0.389 e. The molecule has 3 rings (SSSR count). The van der Waals surface area contributed by atoms with E-state index in [1.54, 1.807) is 0 Å². The van der Waals surface area contributed by atoms with Crippen molar-refractivity contribution in [3.8, 4) is 0 Å². The Bertz CT molecular complexity index is 521. The lowest BCUT2D eigenvalue weighted by Crippen LogP contribution is -2.05. The van der Waals surface area contributed by atoms with E-state index in [9.17, 15) is 5.11 Å². The predicted molar refractivity (Wildman–Crippen MR) is 70.1 cm³/mol. The number of aliphatic hydroxyl groups is 1. The maximum Gasteiger partial charge on any atom is 0.0782 e. The fourth-order valence-corrected chi connectivity index (χ4v) is 3.07. The summed E-state index contributed by atoms with van der Waals surface area (Å²) in [5.41, 5.74) is 2.29. The molecule has 2 nitrogen and oxygen atoms in total. The molecule has 2 heteroatoms. The molecular weight excluding hydrogens is 210 g/mol. The molecule has 17 heavy (non-hydrogen) atoms. The maximum atomic E-state index is 9.89. The molecule has 0 aliphatic heterocycles. The van der Waals surface area contributed by atoms with Crippen LogP contribution in [-0.4, -0.2) is 9.67 Å². The summed E-state index contributed by atoms with van der Waals surface area (Å²) >= 11 is 0. The number of aliphatic hydroxyl groups excluding tert-OH is 1. The number of fused-ring (bicyclic) bond motifs is 1. The summed E-state index contributed by atoms with van der Waals surface area (Å²) in [5.74, 6) is 0. The number of hydrogen-bond donors (Lipinski definition) is 1. The lowest BCUT2D eigenvalue weighted by atomic mass is 10.1. The summed E-state index contributed by atoms with van der Waals surface area (Å²) in [7, 11) is 0. The second-order valence-electron chi connectivity index (χ2n) is 5.12. The Balaban J connectivity index is 2.18. The van der Waals surface area contributed by atoms with Gasteiger partial charge in [-0.1, -0.05) is 31.0 Å². The van der Waals surface area contributed by atoms with Crippen LogP contribution in [0.4, 0.5) is 0 Å². The molecule has 1 atom stereocenters. The average molecular weight is 229 g/mol. The minimum atomic E-state index is -0.395. The third-order valence-corrected chi connectivity index (χ3v) is 3.94. The Morgan fingerprint density at radius 1 is 1.24 bits per heavy atom. The van der Waals surface area contributed by atoms with E-state index in [0.717, 1.165) is 5.56 Å². The Labute approximate surface area is 102 Å². The van der Waals surface area contributed by atoms with Crippen LogP contribution < -0.4 is 0 Å². The highest BCUT2D eigenvalue weighted by atomic mass is 16.3. The molecule has 90 valence electrons. The zero-order valence-electron chi connectivity index (χ0n) is 10.3. The molecule has 1 unspecified atom stereocenters. The number of hydrogen-bond acceptors (Lipinski definition) is 1. The highest BCUT2D eigenvalue weighted by molar-refractivity contribution is 5.83. The second kappa shape index (κ2) is 4.19. The summed E-state index contributed by atoms with van der Waals surface area (Å²) in [6.07, 6.45) is 7.01. The summed E-state index contributed by atoms with van der Waals surface area (Å²) in [6.45, 7) is 1.85. The van der Waals surface area contributed by atoms with Gasteiger partial charge in [-0.15, -0.1) is 0 Å². The zero-order valence-corrected chi connectivity index (χ0v) is 10.3. The monoisotopic (exact) mass is 229 g/mol. The summed E-state index contributed by atoms with van der Waals surface area (Å²) in [6, 6.07) is 9.00. The number of para-hydroxylation sites is 1. The second-order valence-corrected chi connectivity index (χ2v) is 5.12. The molecule has 0 amide bonds. The van der Waals surface area contributed by atoms with Crippen LogP contribution >= 0.6 is 0 Å². The van der Waals surface area contributed by atoms with Crippen molar-refractivity contribution in [3.05, 3.63) is 36.0 Å². The van der Waals surface area contributed by atoms with Crippen LogP contribution in [0.15, 0.2) is 30.5 Å². The van der Waals surface area contributed by atoms with Gasteiger partial charge in [0.1, 0.15) is 0 Å². The van der Waals surface area contributed by atoms with Gasteiger partial charge in [-0.2, -0.15) is 0 Å². The third kappa shape index (κ3) is 1.77. The summed E-state index contributed by atoms with van der Waals surface area (Å²) < 4.78 is 2.38. The number of aromatic nitrogens is 1. The van der Waals surface area contributed by atoms with E-state index in [2.05, 4.69) is 22.9 Å². The highest BCUT2D eigenvalue weighted by Gasteiger charge is 2.20. The van der Waals surface area contributed by atoms with E-state index < -0.39 is 6.10 Å². The van der Waals surface area contributed by atoms with Crippen LogP contribution in [0.5, 0.6) is 0 Å². The van der Waals surface area contributed by atoms with Crippen LogP contribution in [0.25, 0.3) is 10.9 Å². The first-order valence-corrected chi connectivity index (χ1v) is 6.55. The molecule has 1 saturated carbocycles. The summed E-state index contributed by atoms with van der Waals surface area (Å²) in [4.78, 5) is 0. The number of benzene rings is 1. The van der Waals surface area contributed by atoms with Crippen molar-refractivity contribution in [2.75, 3.05) is 0 Å². The molecule has 0 bridgehead atoms. The van der Waals surface area contributed by atoms with Crippen LogP contribution in [0, 0.1) is 0 Å². The van der Waals surface area contributed by atoms with Gasteiger partial charge in [0.2, 0.25) is 0 Å². The molecule has 1 heterocycles. The van der Waals surface area contributed by atoms with Crippen LogP contribution in [0.2, 0.25) is 0 Å². The Morgan fingerprint density at radius 3 is 2.71 bits per heavy atom. The van der Waals surface area contributed by atoms with Crippen molar-refractivity contribution in [1.82, 2.24) is 4.57 Å². The van der Waals surface area contributed by atoms with Crippen LogP contribution in [0.1, 0.15) is 50.3 Å². The maximum absolute atomic E-state index is 9.89. The average Bonchev–Trinajstić information content (AvgIpc) is 2.96. The van der Waals surface area contributed by atoms with Gasteiger partial charge in [0.25, 0.3) is 0 Å². The molecule has 1 aromatic heterocycles. The SMILES string of the molecule is CC(O)c1cccc2ccn(C3CCCC3)c12. The van der Waals surface area contributed by atoms with Crippen molar-refractivity contribution in [1.29, 1.82) is 0 Å². The van der Waals surface area contributed by atoms with Gasteiger partial charge in [0.05, 0.1) is 11.6 Å². The van der Waals surface area contributed by atoms with Crippen molar-refractivity contribution in [2.45, 2.75) is 44.8 Å². The molecule has 1 fully saturated rings. The van der Waals surface area contributed by atoms with Gasteiger partial charge >= 0.3 is 0 Å². The molecular formula is C15H19NO. The molecule has 1 N–H and O–H groups in total. The van der Waals surface area contributed by atoms with Gasteiger partial charge in [-0.05, 0) is 31.2 Å². The fourth-order valence-electron chi connectivity index (χ4n) is 3.07. The molecule has 1 aromatic carbocycles. The fraction of sp³-hybridized carbons (Fsp3) is 0.467. The van der Waals surface area contributed by atoms with Gasteiger partial charge in [-0.25, -0.2) is 0 Å². The quantitative estimate of drug-likeness (QED) is 0.832. The van der Waals surface area contributed by atoms with E-state index in [4.69, 9.17) is 0 Å². The van der Waals surface area contributed by atoms with E-state index in [0.29, 0.717) is 6.04 Å². The summed E-state index contributed by atoms with van der Waals surface area (Å²) in [5, 5.41) is 11.1. The van der Waals surface area contributed by atoms with Gasteiger partial charge in [0, 0.05) is 17.8 Å². The predicted octanol–water partition coefficient (Wildman–Crippen LogP) is 3.81. The first-order chi connectivity index (χ1) is 8.27. The van der Waals surface area contributed by atoms with Crippen LogP contribution in [-0.2, 0) is 0 Å². The lowest BCUT2D eigenvalue weighted by Gasteiger charge is -2.17. The van der Waals surface area contributed by atoms with E-state index in [-0.39, 0.29) is 0 Å². The van der Waals surface area contributed by atoms with Crippen molar-refractivity contribution in [3.63, 3.8) is 0 Å². The standard InChI is InChI=1S/C15H19NO/c1-11(17)14-8-4-5-12-9-10-16(15(12)14)13-6-2-3-7-13/h4-5,8-11,13,17H,2-3,6-7H2,1H3. The Morgan fingerprint density at radius 2 is 2.00 bits per heavy atom. The third-order valence-electron chi connectivity index (χ3n) is 3.94. The molecule has 0 radical (unpaired) electrons. The minimum absolute atomic E-state index is 0.395. The highest BCUT2D eigenvalue weighted by Crippen LogP contribution is 2.35. The van der Waals surface area contributed by atoms with Crippen molar-refractivity contribution < 1.29 is 5.11 Å². The molecule has 0 spiro atoms. The smallest absolute Gasteiger partial charge is 0.0782 e. The molecule has 1 aliphatic carbocycles. The molecule has 1 aliphatic rings. The van der Waals surface area contributed by atoms with Gasteiger partial charge in [-0.3, -0.25) is 0 Å². The van der Waals surface area contributed by atoms with Crippen molar-refractivity contribution in [2.24, 2.45) is 0 Å². The Kier molecular flexibility index (Phi) is 2.67. The Hall–Kier alpha value is -1.28. The van der Waals surface area contributed by atoms with Gasteiger partial charge < -0.3 is 9.67 Å². The van der Waals surface area contributed by atoms with Crippen LogP contribution in [0.3, 0.4) is 0 Å². The zero-order chi connectivity index (χ0) is 11.8. The van der Waals surface area contributed by atoms with Crippen molar-refractivity contribution >= 4 is 10.9 Å². The first kappa shape index (κ1) is 10.8. The number of rotatable bonds is 2. The first-order valence-electron chi connectivity index (χ1n) is 6.55. The number of nitrogens with zero attached hydrogens (tertiary/aromatic N) is 1. The van der Waals surface area contributed by atoms with E-state index >= 15 is 0 Å². The van der Waals surface area contributed by atoms with E-state index in [1.807, 2.05) is 19.1 Å². The molecule has 0 saturated heterocycles. The normalized spacial score (nSPS) is 18.9. The van der Waals surface area contributed by atoms with E-state index in [1.165, 1.54) is 36.6 Å².